The minimum Gasteiger partial charge on any atom is -0.403 e. The molecule has 1 aliphatic rings. The molecule has 0 bridgehead atoms. The van der Waals surface area contributed by atoms with Crippen LogP contribution in [-0.4, -0.2) is 10.7 Å². The number of hydrogen-bond acceptors (Lipinski definition) is 4. The third kappa shape index (κ3) is 1.55. The number of aromatic nitrogens is 1. The second-order valence-corrected chi connectivity index (χ2v) is 4.64. The molecule has 3 nitrogen and oxygen atoms in total. The molecule has 2 heterocycles. The molecule has 0 amide bonds. The van der Waals surface area contributed by atoms with Crippen LogP contribution in [0.1, 0.15) is 5.56 Å². The number of fused-ring (bicyclic) bond motifs is 1. The van der Waals surface area contributed by atoms with E-state index in [-0.39, 0.29) is 5.63 Å². The van der Waals surface area contributed by atoms with Gasteiger partial charge in [0.2, 0.25) is 5.89 Å². The fourth-order valence-corrected chi connectivity index (χ4v) is 2.71. The van der Waals surface area contributed by atoms with Crippen molar-refractivity contribution in [2.75, 3.05) is 5.75 Å². The third-order valence-corrected chi connectivity index (χ3v) is 3.53. The quantitative estimate of drug-likeness (QED) is 0.755. The summed E-state index contributed by atoms with van der Waals surface area (Å²) in [6, 6.07) is 9.49. The van der Waals surface area contributed by atoms with Gasteiger partial charge in [0.25, 0.3) is 0 Å². The molecule has 3 rings (SSSR count). The van der Waals surface area contributed by atoms with Gasteiger partial charge in [-0.05, 0) is 18.6 Å². The Morgan fingerprint density at radius 2 is 2.06 bits per heavy atom. The largest absolute Gasteiger partial charge is 0.403 e. The van der Waals surface area contributed by atoms with Crippen molar-refractivity contribution in [1.29, 1.82) is 0 Å². The molecule has 2 aromatic rings. The van der Waals surface area contributed by atoms with E-state index in [1.165, 1.54) is 0 Å². The summed E-state index contributed by atoms with van der Waals surface area (Å²) < 4.78 is 5.23. The third-order valence-electron chi connectivity index (χ3n) is 2.51. The minimum absolute atomic E-state index is 0.242. The van der Waals surface area contributed by atoms with Gasteiger partial charge in [-0.1, -0.05) is 18.2 Å². The summed E-state index contributed by atoms with van der Waals surface area (Å²) in [6.45, 7) is 0. The van der Waals surface area contributed by atoms with Gasteiger partial charge >= 0.3 is 5.63 Å². The van der Waals surface area contributed by atoms with E-state index in [1.54, 1.807) is 11.8 Å². The molecule has 0 atom stereocenters. The predicted molar refractivity (Wildman–Crippen MR) is 62.6 cm³/mol. The summed E-state index contributed by atoms with van der Waals surface area (Å²) in [4.78, 5) is 16.1. The first-order chi connectivity index (χ1) is 7.84. The molecule has 80 valence electrons. The van der Waals surface area contributed by atoms with Crippen LogP contribution in [0.25, 0.3) is 11.5 Å². The first-order valence-electron chi connectivity index (χ1n) is 5.07. The van der Waals surface area contributed by atoms with E-state index in [0.717, 1.165) is 28.3 Å². The van der Waals surface area contributed by atoms with Gasteiger partial charge in [-0.25, -0.2) is 9.78 Å². The molecule has 1 aromatic carbocycles. The van der Waals surface area contributed by atoms with Crippen LogP contribution in [0.2, 0.25) is 0 Å². The molecule has 0 saturated carbocycles. The van der Waals surface area contributed by atoms with Crippen molar-refractivity contribution in [3.05, 3.63) is 46.3 Å². The highest BCUT2D eigenvalue weighted by Gasteiger charge is 2.19. The maximum absolute atomic E-state index is 11.7. The lowest BCUT2D eigenvalue weighted by molar-refractivity contribution is 0.489. The number of nitrogens with zero attached hydrogens (tertiary/aromatic N) is 1. The summed E-state index contributed by atoms with van der Waals surface area (Å²) in [5.41, 5.74) is 1.33. The van der Waals surface area contributed by atoms with Gasteiger partial charge in [-0.2, -0.15) is 0 Å². The number of rotatable bonds is 1. The maximum Gasteiger partial charge on any atom is 0.343 e. The van der Waals surface area contributed by atoms with Crippen molar-refractivity contribution >= 4 is 11.8 Å². The fraction of sp³-hybridized carbons (Fsp3) is 0.167. The van der Waals surface area contributed by atoms with Crippen molar-refractivity contribution < 1.29 is 4.42 Å². The first kappa shape index (κ1) is 9.66. The molecule has 0 aliphatic carbocycles. The van der Waals surface area contributed by atoms with Crippen molar-refractivity contribution in [2.45, 2.75) is 11.4 Å². The summed E-state index contributed by atoms with van der Waals surface area (Å²) in [5.74, 6) is 1.34. The van der Waals surface area contributed by atoms with Crippen LogP contribution in [0.3, 0.4) is 0 Å². The second-order valence-electron chi connectivity index (χ2n) is 3.55. The highest BCUT2D eigenvalue weighted by Crippen LogP contribution is 2.28. The highest BCUT2D eigenvalue weighted by molar-refractivity contribution is 7.99. The van der Waals surface area contributed by atoms with E-state index in [9.17, 15) is 4.79 Å². The van der Waals surface area contributed by atoms with E-state index in [2.05, 4.69) is 4.98 Å². The Kier molecular flexibility index (Phi) is 2.29. The summed E-state index contributed by atoms with van der Waals surface area (Å²) in [7, 11) is 0. The van der Waals surface area contributed by atoms with E-state index in [0.29, 0.717) is 5.89 Å². The predicted octanol–water partition coefficient (Wildman–Crippen LogP) is 2.35. The highest BCUT2D eigenvalue weighted by atomic mass is 32.2. The van der Waals surface area contributed by atoms with E-state index in [1.807, 2.05) is 30.3 Å². The van der Waals surface area contributed by atoms with Crippen molar-refractivity contribution in [3.8, 4) is 11.5 Å². The molecule has 4 heteroatoms. The normalized spacial score (nSPS) is 13.8. The molecule has 1 aromatic heterocycles. The van der Waals surface area contributed by atoms with Crippen LogP contribution in [0.5, 0.6) is 0 Å². The zero-order valence-electron chi connectivity index (χ0n) is 8.47. The van der Waals surface area contributed by atoms with E-state index < -0.39 is 0 Å². The van der Waals surface area contributed by atoms with Gasteiger partial charge in [0.05, 0.1) is 5.56 Å². The number of benzene rings is 1. The van der Waals surface area contributed by atoms with Gasteiger partial charge in [0.1, 0.15) is 5.03 Å². The Balaban J connectivity index is 2.17. The molecule has 0 spiro atoms. The standard InChI is InChI=1S/C12H9NO2S/c14-12-9-6-7-16-11(9)13-10(15-12)8-4-2-1-3-5-8/h1-5H,6-7H2. The van der Waals surface area contributed by atoms with Crippen LogP contribution in [0, 0.1) is 0 Å². The van der Waals surface area contributed by atoms with Crippen molar-refractivity contribution in [1.82, 2.24) is 4.98 Å². The number of hydrogen-bond donors (Lipinski definition) is 0. The lowest BCUT2D eigenvalue weighted by atomic mass is 10.2. The molecular weight excluding hydrogens is 222 g/mol. The first-order valence-corrected chi connectivity index (χ1v) is 6.05. The monoisotopic (exact) mass is 231 g/mol. The molecular formula is C12H9NO2S. The van der Waals surface area contributed by atoms with Gasteiger partial charge in [0, 0.05) is 11.3 Å². The van der Waals surface area contributed by atoms with Gasteiger partial charge in [-0.15, -0.1) is 11.8 Å². The Morgan fingerprint density at radius 1 is 1.25 bits per heavy atom. The average molecular weight is 231 g/mol. The SMILES string of the molecule is O=c1oc(-c2ccccc2)nc2c1CCS2. The Hall–Kier alpha value is -1.55. The van der Waals surface area contributed by atoms with Crippen LogP contribution < -0.4 is 5.63 Å². The molecule has 0 unspecified atom stereocenters. The van der Waals surface area contributed by atoms with Crippen molar-refractivity contribution in [3.63, 3.8) is 0 Å². The molecule has 0 radical (unpaired) electrons. The summed E-state index contributed by atoms with van der Waals surface area (Å²) >= 11 is 1.62. The molecule has 1 aliphatic heterocycles. The lowest BCUT2D eigenvalue weighted by Crippen LogP contribution is -2.08. The molecule has 0 fully saturated rings. The Bertz CT molecular complexity index is 577. The van der Waals surface area contributed by atoms with Crippen LogP contribution in [-0.2, 0) is 6.42 Å². The molecule has 16 heavy (non-hydrogen) atoms. The van der Waals surface area contributed by atoms with Crippen LogP contribution >= 0.6 is 11.8 Å². The van der Waals surface area contributed by atoms with Crippen LogP contribution in [0.15, 0.2) is 44.6 Å². The fourth-order valence-electron chi connectivity index (χ4n) is 1.70. The van der Waals surface area contributed by atoms with E-state index >= 15 is 0 Å². The van der Waals surface area contributed by atoms with Gasteiger partial charge in [-0.3, -0.25) is 0 Å². The molecule has 0 N–H and O–H groups in total. The molecule has 0 saturated heterocycles. The summed E-state index contributed by atoms with van der Waals surface area (Å²) in [6.07, 6.45) is 0.768. The smallest absolute Gasteiger partial charge is 0.343 e. The van der Waals surface area contributed by atoms with Gasteiger partial charge in [0.15, 0.2) is 0 Å². The second kappa shape index (κ2) is 3.79. The van der Waals surface area contributed by atoms with Crippen LogP contribution in [0.4, 0.5) is 0 Å². The maximum atomic E-state index is 11.7. The Morgan fingerprint density at radius 3 is 2.88 bits per heavy atom. The minimum atomic E-state index is -0.242. The lowest BCUT2D eigenvalue weighted by Gasteiger charge is -2.00. The topological polar surface area (TPSA) is 43.1 Å². The Labute approximate surface area is 96.5 Å². The summed E-state index contributed by atoms with van der Waals surface area (Å²) in [5, 5.41) is 0.829. The van der Waals surface area contributed by atoms with Crippen molar-refractivity contribution in [2.24, 2.45) is 0 Å². The van der Waals surface area contributed by atoms with Gasteiger partial charge < -0.3 is 4.42 Å². The number of thioether (sulfide) groups is 1. The average Bonchev–Trinajstić information content (AvgIpc) is 2.79. The zero-order chi connectivity index (χ0) is 11.0. The zero-order valence-corrected chi connectivity index (χ0v) is 9.29. The van der Waals surface area contributed by atoms with E-state index in [4.69, 9.17) is 4.42 Å².